The van der Waals surface area contributed by atoms with Crippen LogP contribution in [0.1, 0.15) is 6.42 Å². The van der Waals surface area contributed by atoms with Gasteiger partial charge < -0.3 is 15.3 Å². The Hall–Kier alpha value is -1.84. The first kappa shape index (κ1) is 28.4. The van der Waals surface area contributed by atoms with Crippen LogP contribution in [-0.2, 0) is 19.9 Å². The molecule has 0 heterocycles. The van der Waals surface area contributed by atoms with E-state index < -0.39 is 41.2 Å². The molecule has 1 atom stereocenters. The molecule has 14 heteroatoms. The van der Waals surface area contributed by atoms with Crippen LogP contribution >= 0.6 is 11.8 Å². The van der Waals surface area contributed by atoms with Crippen LogP contribution in [0.3, 0.4) is 0 Å². The van der Waals surface area contributed by atoms with Crippen LogP contribution in [0.15, 0.2) is 63.2 Å². The molecule has 2 aromatic carbocycles. The van der Waals surface area contributed by atoms with E-state index in [1.807, 2.05) is 35.2 Å². The SMILES string of the molecule is CN(CCO)CC[C@H](CSc1ccccc1)Nc1ccc(S(N)(=O)=O)cc1S(=O)(=O)C(F)(F)F. The maximum atomic E-state index is 13.3. The third-order valence-corrected chi connectivity index (χ3v) is 8.38. The molecule has 0 unspecified atom stereocenters. The number of rotatable bonds is 12. The number of sulfonamides is 1. The van der Waals surface area contributed by atoms with Gasteiger partial charge in [0.1, 0.15) is 4.90 Å². The molecule has 0 bridgehead atoms. The van der Waals surface area contributed by atoms with E-state index >= 15 is 0 Å². The predicted octanol–water partition coefficient (Wildman–Crippen LogP) is 2.51. The molecule has 0 saturated carbocycles. The highest BCUT2D eigenvalue weighted by Gasteiger charge is 2.48. The highest BCUT2D eigenvalue weighted by atomic mass is 32.2. The maximum Gasteiger partial charge on any atom is 0.501 e. The first-order valence-electron chi connectivity index (χ1n) is 9.97. The number of hydrogen-bond acceptors (Lipinski definition) is 8. The molecule has 0 radical (unpaired) electrons. The van der Waals surface area contributed by atoms with Crippen LogP contribution in [0.5, 0.6) is 0 Å². The second kappa shape index (κ2) is 11.7. The van der Waals surface area contributed by atoms with E-state index in [1.165, 1.54) is 11.8 Å². The van der Waals surface area contributed by atoms with E-state index in [4.69, 9.17) is 10.2 Å². The Labute approximate surface area is 201 Å². The van der Waals surface area contributed by atoms with Gasteiger partial charge in [0.2, 0.25) is 10.0 Å². The van der Waals surface area contributed by atoms with Crippen LogP contribution < -0.4 is 10.5 Å². The average molecular weight is 542 g/mol. The third kappa shape index (κ3) is 7.85. The second-order valence-electron chi connectivity index (χ2n) is 7.43. The molecule has 4 N–H and O–H groups in total. The topological polar surface area (TPSA) is 130 Å². The molecule has 0 amide bonds. The molecule has 0 aliphatic rings. The van der Waals surface area contributed by atoms with Crippen LogP contribution in [0, 0.1) is 0 Å². The number of anilines is 1. The molecule has 2 rings (SSSR count). The molecule has 34 heavy (non-hydrogen) atoms. The molecule has 0 spiro atoms. The number of sulfone groups is 1. The minimum absolute atomic E-state index is 0.0731. The lowest BCUT2D eigenvalue weighted by atomic mass is 10.2. The Morgan fingerprint density at radius 3 is 2.29 bits per heavy atom. The fourth-order valence-electron chi connectivity index (χ4n) is 2.94. The largest absolute Gasteiger partial charge is 0.501 e. The number of nitrogens with zero attached hydrogens (tertiary/aromatic N) is 1. The van der Waals surface area contributed by atoms with Crippen molar-refractivity contribution in [2.24, 2.45) is 5.14 Å². The highest BCUT2D eigenvalue weighted by molar-refractivity contribution is 7.99. The van der Waals surface area contributed by atoms with Gasteiger partial charge in [-0.1, -0.05) is 18.2 Å². The van der Waals surface area contributed by atoms with E-state index in [2.05, 4.69) is 5.32 Å². The first-order chi connectivity index (χ1) is 15.8. The van der Waals surface area contributed by atoms with Gasteiger partial charge in [-0.3, -0.25) is 0 Å². The monoisotopic (exact) mass is 541 g/mol. The lowest BCUT2D eigenvalue weighted by molar-refractivity contribution is -0.0435. The van der Waals surface area contributed by atoms with Crippen molar-refractivity contribution in [3.8, 4) is 0 Å². The van der Waals surface area contributed by atoms with Gasteiger partial charge in [-0.15, -0.1) is 11.8 Å². The van der Waals surface area contributed by atoms with Gasteiger partial charge in [-0.25, -0.2) is 22.0 Å². The number of likely N-dealkylation sites (N-methyl/N-ethyl adjacent to an activating group) is 1. The lowest BCUT2D eigenvalue weighted by Gasteiger charge is -2.24. The molecule has 0 aromatic heterocycles. The van der Waals surface area contributed by atoms with Gasteiger partial charge in [-0.05, 0) is 50.3 Å². The van der Waals surface area contributed by atoms with Crippen molar-refractivity contribution in [3.63, 3.8) is 0 Å². The van der Waals surface area contributed by atoms with E-state index in [9.17, 15) is 30.0 Å². The van der Waals surface area contributed by atoms with Gasteiger partial charge in [0.25, 0.3) is 9.84 Å². The summed E-state index contributed by atoms with van der Waals surface area (Å²) >= 11 is 1.42. The number of primary sulfonamides is 1. The maximum absolute atomic E-state index is 13.3. The van der Waals surface area contributed by atoms with Crippen LogP contribution in [0.4, 0.5) is 18.9 Å². The molecule has 0 aliphatic carbocycles. The zero-order valence-corrected chi connectivity index (χ0v) is 20.6. The number of aliphatic hydroxyl groups excluding tert-OH is 1. The molecular weight excluding hydrogens is 515 g/mol. The van der Waals surface area contributed by atoms with Crippen molar-refractivity contribution in [3.05, 3.63) is 48.5 Å². The minimum Gasteiger partial charge on any atom is -0.395 e. The molecule has 0 fully saturated rings. The molecular formula is C20H26F3N3O5S3. The zero-order chi connectivity index (χ0) is 25.6. The standard InChI is InChI=1S/C20H26F3N3O5S3/c1-26(11-12-27)10-9-15(14-32-16-5-3-2-4-6-16)25-18-8-7-17(34(24,30)31)13-19(18)33(28,29)20(21,22)23/h2-8,13,15,25,27H,9-12,14H2,1H3,(H2,24,30,31)/t15-/m1/s1. The fraction of sp³-hybridized carbons (Fsp3) is 0.400. The van der Waals surface area contributed by atoms with Gasteiger partial charge in [0.05, 0.1) is 17.2 Å². The minimum atomic E-state index is -5.88. The second-order valence-corrected chi connectivity index (χ2v) is 12.0. The number of benzene rings is 2. The quantitative estimate of drug-likeness (QED) is 0.350. The number of aliphatic hydroxyl groups is 1. The van der Waals surface area contributed by atoms with Crippen molar-refractivity contribution in [1.82, 2.24) is 4.90 Å². The molecule has 190 valence electrons. The number of nitrogens with one attached hydrogen (secondary N) is 1. The van der Waals surface area contributed by atoms with Crippen LogP contribution in [0.25, 0.3) is 0 Å². The van der Waals surface area contributed by atoms with E-state index in [1.54, 1.807) is 7.05 Å². The van der Waals surface area contributed by atoms with Crippen molar-refractivity contribution in [2.75, 3.05) is 37.8 Å². The number of hydrogen-bond donors (Lipinski definition) is 3. The normalized spacial score (nSPS) is 13.7. The summed E-state index contributed by atoms with van der Waals surface area (Å²) in [6.45, 7) is 0.774. The first-order valence-corrected chi connectivity index (χ1v) is 14.0. The molecule has 8 nitrogen and oxygen atoms in total. The third-order valence-electron chi connectivity index (χ3n) is 4.77. The fourth-order valence-corrected chi connectivity index (χ4v) is 5.49. The molecule has 0 saturated heterocycles. The van der Waals surface area contributed by atoms with Gasteiger partial charge in [0, 0.05) is 23.2 Å². The summed E-state index contributed by atoms with van der Waals surface area (Å²) in [5.74, 6) is 0.374. The highest BCUT2D eigenvalue weighted by Crippen LogP contribution is 2.36. The summed E-state index contributed by atoms with van der Waals surface area (Å²) in [6, 6.07) is 11.1. The summed E-state index contributed by atoms with van der Waals surface area (Å²) in [4.78, 5) is 0.758. The van der Waals surface area contributed by atoms with Crippen LogP contribution in [0.2, 0.25) is 0 Å². The van der Waals surface area contributed by atoms with E-state index in [-0.39, 0.29) is 12.3 Å². The average Bonchev–Trinajstić information content (AvgIpc) is 2.75. The van der Waals surface area contributed by atoms with E-state index in [0.717, 1.165) is 17.0 Å². The lowest BCUT2D eigenvalue weighted by Crippen LogP contribution is -2.32. The van der Waals surface area contributed by atoms with E-state index in [0.29, 0.717) is 31.3 Å². The summed E-state index contributed by atoms with van der Waals surface area (Å²) in [6.07, 6.45) is 0.402. The van der Waals surface area contributed by atoms with Crippen molar-refractivity contribution >= 4 is 37.3 Å². The Balaban J connectivity index is 2.42. The number of halogens is 3. The number of alkyl halides is 3. The van der Waals surface area contributed by atoms with Gasteiger partial charge >= 0.3 is 5.51 Å². The van der Waals surface area contributed by atoms with Crippen molar-refractivity contribution < 1.29 is 35.1 Å². The summed E-state index contributed by atoms with van der Waals surface area (Å²) in [7, 11) is -8.56. The molecule has 0 aliphatic heterocycles. The summed E-state index contributed by atoms with van der Waals surface area (Å²) < 4.78 is 87.8. The predicted molar refractivity (Wildman–Crippen MR) is 125 cm³/mol. The summed E-state index contributed by atoms with van der Waals surface area (Å²) in [5, 5.41) is 16.9. The molecule has 2 aromatic rings. The van der Waals surface area contributed by atoms with Gasteiger partial charge in [-0.2, -0.15) is 13.2 Å². The van der Waals surface area contributed by atoms with Crippen molar-refractivity contribution in [1.29, 1.82) is 0 Å². The van der Waals surface area contributed by atoms with Crippen molar-refractivity contribution in [2.45, 2.75) is 32.7 Å². The number of thioether (sulfide) groups is 1. The Morgan fingerprint density at radius 2 is 1.74 bits per heavy atom. The van der Waals surface area contributed by atoms with Crippen LogP contribution in [-0.4, -0.2) is 70.9 Å². The van der Waals surface area contributed by atoms with Gasteiger partial charge in [0.15, 0.2) is 0 Å². The number of nitrogens with two attached hydrogens (primary N) is 1. The zero-order valence-electron chi connectivity index (χ0n) is 18.2. The Kier molecular flexibility index (Phi) is 9.80. The Morgan fingerprint density at radius 1 is 1.09 bits per heavy atom. The summed E-state index contributed by atoms with van der Waals surface area (Å²) in [5.41, 5.74) is -6.02. The smallest absolute Gasteiger partial charge is 0.395 e. The Bertz CT molecular complexity index is 1160.